The van der Waals surface area contributed by atoms with Gasteiger partial charge in [-0.3, -0.25) is 0 Å². The van der Waals surface area contributed by atoms with Crippen molar-refractivity contribution in [2.24, 2.45) is 0 Å². The van der Waals surface area contributed by atoms with Gasteiger partial charge in [-0.05, 0) is 39.9 Å². The van der Waals surface area contributed by atoms with E-state index in [9.17, 15) is 4.79 Å². The molecule has 1 N–H and O–H groups in total. The minimum Gasteiger partial charge on any atom is -0.494 e. The Morgan fingerprint density at radius 3 is 2.91 bits per heavy atom. The Hall–Kier alpha value is -1.75. The van der Waals surface area contributed by atoms with Crippen molar-refractivity contribution in [1.82, 2.24) is 15.1 Å². The molecule has 2 rings (SSSR count). The molecule has 0 spiro atoms. The van der Waals surface area contributed by atoms with Crippen LogP contribution in [0, 0.1) is 0 Å². The Morgan fingerprint density at radius 2 is 2.18 bits per heavy atom. The van der Waals surface area contributed by atoms with Gasteiger partial charge in [-0.25, -0.2) is 4.79 Å². The van der Waals surface area contributed by atoms with Crippen LogP contribution < -0.4 is 10.1 Å². The van der Waals surface area contributed by atoms with Crippen LogP contribution in [0.1, 0.15) is 25.3 Å². The SMILES string of the molecule is CCOc1ccccc1CNC(=O)N1CCC[C@@H](N(C)C)C1. The monoisotopic (exact) mass is 305 g/mol. The first-order valence-corrected chi connectivity index (χ1v) is 8.01. The van der Waals surface area contributed by atoms with Crippen LogP contribution >= 0.6 is 0 Å². The van der Waals surface area contributed by atoms with E-state index >= 15 is 0 Å². The van der Waals surface area contributed by atoms with Gasteiger partial charge < -0.3 is 19.9 Å². The maximum atomic E-state index is 12.4. The van der Waals surface area contributed by atoms with Crippen molar-refractivity contribution in [3.63, 3.8) is 0 Å². The van der Waals surface area contributed by atoms with Crippen molar-refractivity contribution in [2.75, 3.05) is 33.8 Å². The summed E-state index contributed by atoms with van der Waals surface area (Å²) in [5.41, 5.74) is 1.01. The first kappa shape index (κ1) is 16.6. The highest BCUT2D eigenvalue weighted by Gasteiger charge is 2.24. The molecule has 2 amide bonds. The van der Waals surface area contributed by atoms with Crippen molar-refractivity contribution in [3.8, 4) is 5.75 Å². The molecular weight excluding hydrogens is 278 g/mol. The number of rotatable bonds is 5. The van der Waals surface area contributed by atoms with Crippen molar-refractivity contribution in [2.45, 2.75) is 32.4 Å². The third-order valence-corrected chi connectivity index (χ3v) is 4.12. The molecule has 122 valence electrons. The van der Waals surface area contributed by atoms with Crippen LogP contribution in [0.4, 0.5) is 4.79 Å². The molecule has 1 aliphatic rings. The molecule has 0 radical (unpaired) electrons. The number of nitrogens with zero attached hydrogens (tertiary/aromatic N) is 2. The topological polar surface area (TPSA) is 44.8 Å². The zero-order valence-electron chi connectivity index (χ0n) is 13.8. The fourth-order valence-electron chi connectivity index (χ4n) is 2.79. The number of likely N-dealkylation sites (N-methyl/N-ethyl adjacent to an activating group) is 1. The summed E-state index contributed by atoms with van der Waals surface area (Å²) in [5, 5.41) is 3.02. The molecule has 1 atom stereocenters. The highest BCUT2D eigenvalue weighted by atomic mass is 16.5. The normalized spacial score (nSPS) is 18.4. The average Bonchev–Trinajstić information content (AvgIpc) is 2.54. The average molecular weight is 305 g/mol. The fourth-order valence-corrected chi connectivity index (χ4v) is 2.79. The molecule has 1 aromatic carbocycles. The maximum absolute atomic E-state index is 12.4. The van der Waals surface area contributed by atoms with E-state index in [1.165, 1.54) is 0 Å². The number of para-hydroxylation sites is 1. The third kappa shape index (κ3) is 4.37. The zero-order chi connectivity index (χ0) is 15.9. The lowest BCUT2D eigenvalue weighted by Gasteiger charge is -2.36. The number of amides is 2. The Balaban J connectivity index is 1.90. The molecule has 0 saturated carbocycles. The second-order valence-corrected chi connectivity index (χ2v) is 5.91. The van der Waals surface area contributed by atoms with E-state index < -0.39 is 0 Å². The number of hydrogen-bond acceptors (Lipinski definition) is 3. The number of ether oxygens (including phenoxy) is 1. The molecule has 1 heterocycles. The highest BCUT2D eigenvalue weighted by molar-refractivity contribution is 5.74. The third-order valence-electron chi connectivity index (χ3n) is 4.12. The second kappa shape index (κ2) is 8.03. The summed E-state index contributed by atoms with van der Waals surface area (Å²) >= 11 is 0. The Morgan fingerprint density at radius 1 is 1.41 bits per heavy atom. The standard InChI is InChI=1S/C17H27N3O2/c1-4-22-16-10-6-5-8-14(16)12-18-17(21)20-11-7-9-15(13-20)19(2)3/h5-6,8,10,15H,4,7,9,11-13H2,1-3H3,(H,18,21)/t15-/m1/s1. The van der Waals surface area contributed by atoms with Gasteiger partial charge in [-0.2, -0.15) is 0 Å². The Kier molecular flexibility index (Phi) is 6.07. The summed E-state index contributed by atoms with van der Waals surface area (Å²) in [4.78, 5) is 16.5. The van der Waals surface area contributed by atoms with Gasteiger partial charge in [0, 0.05) is 31.2 Å². The largest absolute Gasteiger partial charge is 0.494 e. The van der Waals surface area contributed by atoms with Gasteiger partial charge in [0.2, 0.25) is 0 Å². The van der Waals surface area contributed by atoms with Gasteiger partial charge in [0.25, 0.3) is 0 Å². The Bertz CT molecular complexity index is 491. The first-order valence-electron chi connectivity index (χ1n) is 8.01. The van der Waals surface area contributed by atoms with Gasteiger partial charge in [0.1, 0.15) is 5.75 Å². The van der Waals surface area contributed by atoms with E-state index in [-0.39, 0.29) is 6.03 Å². The predicted octanol–water partition coefficient (Wildman–Crippen LogP) is 2.32. The number of hydrogen-bond donors (Lipinski definition) is 1. The van der Waals surface area contributed by atoms with Crippen molar-refractivity contribution in [3.05, 3.63) is 29.8 Å². The number of piperidine rings is 1. The lowest BCUT2D eigenvalue weighted by Crippen LogP contribution is -2.50. The summed E-state index contributed by atoms with van der Waals surface area (Å²) < 4.78 is 5.59. The lowest BCUT2D eigenvalue weighted by atomic mass is 10.1. The van der Waals surface area contributed by atoms with Crippen LogP contribution in [0.15, 0.2) is 24.3 Å². The number of benzene rings is 1. The number of urea groups is 1. The Labute approximate surface area is 133 Å². The molecular formula is C17H27N3O2. The number of nitrogens with one attached hydrogen (secondary N) is 1. The van der Waals surface area contributed by atoms with Gasteiger partial charge in [-0.1, -0.05) is 18.2 Å². The molecule has 5 nitrogen and oxygen atoms in total. The predicted molar refractivity (Wildman–Crippen MR) is 88.1 cm³/mol. The van der Waals surface area contributed by atoms with E-state index in [2.05, 4.69) is 24.3 Å². The highest BCUT2D eigenvalue weighted by Crippen LogP contribution is 2.18. The summed E-state index contributed by atoms with van der Waals surface area (Å²) in [6, 6.07) is 8.31. The smallest absolute Gasteiger partial charge is 0.317 e. The molecule has 1 aromatic rings. The van der Waals surface area contributed by atoms with Crippen molar-refractivity contribution >= 4 is 6.03 Å². The number of carbonyl (C=O) groups excluding carboxylic acids is 1. The van der Waals surface area contributed by atoms with Gasteiger partial charge in [0.05, 0.1) is 6.61 Å². The molecule has 0 bridgehead atoms. The van der Waals surface area contributed by atoms with E-state index in [1.54, 1.807) is 0 Å². The second-order valence-electron chi connectivity index (χ2n) is 5.91. The summed E-state index contributed by atoms with van der Waals surface area (Å²) in [6.07, 6.45) is 2.22. The van der Waals surface area contributed by atoms with E-state index in [0.717, 1.165) is 37.2 Å². The van der Waals surface area contributed by atoms with Crippen LogP contribution in [-0.4, -0.2) is 55.7 Å². The van der Waals surface area contributed by atoms with Gasteiger partial charge >= 0.3 is 6.03 Å². The summed E-state index contributed by atoms with van der Waals surface area (Å²) in [6.45, 7) is 4.72. The van der Waals surface area contributed by atoms with Gasteiger partial charge in [0.15, 0.2) is 0 Å². The molecule has 1 saturated heterocycles. The van der Waals surface area contributed by atoms with Crippen molar-refractivity contribution < 1.29 is 9.53 Å². The van der Waals surface area contributed by atoms with Crippen LogP contribution in [0.2, 0.25) is 0 Å². The van der Waals surface area contributed by atoms with Crippen LogP contribution in [0.3, 0.4) is 0 Å². The zero-order valence-corrected chi connectivity index (χ0v) is 13.8. The van der Waals surface area contributed by atoms with Crippen LogP contribution in [0.5, 0.6) is 5.75 Å². The number of likely N-dealkylation sites (tertiary alicyclic amines) is 1. The maximum Gasteiger partial charge on any atom is 0.317 e. The molecule has 0 unspecified atom stereocenters. The fraction of sp³-hybridized carbons (Fsp3) is 0.588. The van der Waals surface area contributed by atoms with E-state index in [1.807, 2.05) is 36.1 Å². The minimum atomic E-state index is 0.0119. The molecule has 1 aliphatic heterocycles. The van der Waals surface area contributed by atoms with Crippen LogP contribution in [-0.2, 0) is 6.54 Å². The van der Waals surface area contributed by atoms with Crippen molar-refractivity contribution in [1.29, 1.82) is 0 Å². The molecule has 0 aliphatic carbocycles. The quantitative estimate of drug-likeness (QED) is 0.908. The molecule has 22 heavy (non-hydrogen) atoms. The first-order chi connectivity index (χ1) is 10.6. The molecule has 1 fully saturated rings. The lowest BCUT2D eigenvalue weighted by molar-refractivity contribution is 0.139. The van der Waals surface area contributed by atoms with E-state index in [0.29, 0.717) is 19.2 Å². The number of carbonyl (C=O) groups is 1. The van der Waals surface area contributed by atoms with E-state index in [4.69, 9.17) is 4.74 Å². The molecule has 5 heteroatoms. The van der Waals surface area contributed by atoms with Crippen LogP contribution in [0.25, 0.3) is 0 Å². The summed E-state index contributed by atoms with van der Waals surface area (Å²) in [5.74, 6) is 0.843. The molecule has 0 aromatic heterocycles. The minimum absolute atomic E-state index is 0.0119. The summed E-state index contributed by atoms with van der Waals surface area (Å²) in [7, 11) is 4.15. The van der Waals surface area contributed by atoms with Gasteiger partial charge in [-0.15, -0.1) is 0 Å².